The van der Waals surface area contributed by atoms with E-state index in [2.05, 4.69) is 20.6 Å². The van der Waals surface area contributed by atoms with Gasteiger partial charge in [-0.2, -0.15) is 4.98 Å². The molecule has 0 saturated heterocycles. The van der Waals surface area contributed by atoms with E-state index in [9.17, 15) is 19.5 Å². The van der Waals surface area contributed by atoms with Gasteiger partial charge in [-0.1, -0.05) is 12.8 Å². The van der Waals surface area contributed by atoms with Gasteiger partial charge in [-0.3, -0.25) is 14.6 Å². The summed E-state index contributed by atoms with van der Waals surface area (Å²) in [7, 11) is 0. The minimum atomic E-state index is -1.13. The molecule has 1 saturated carbocycles. The number of amides is 1. The van der Waals surface area contributed by atoms with Gasteiger partial charge in [-0.05, 0) is 50.2 Å². The van der Waals surface area contributed by atoms with Crippen molar-refractivity contribution in [2.75, 3.05) is 17.6 Å². The number of nitrogens with zero attached hydrogens (tertiary/aromatic N) is 1. The van der Waals surface area contributed by atoms with Crippen molar-refractivity contribution in [3.8, 4) is 0 Å². The fourth-order valence-corrected chi connectivity index (χ4v) is 5.21. The SMILES string of the molecule is Nc1nc2c(c(=O)[nH]1)CC(CCc1ccc(C(=O)NC3(C(=O)O)CCCC3)s1)CN2. The van der Waals surface area contributed by atoms with Gasteiger partial charge in [-0.25, -0.2) is 4.79 Å². The predicted octanol–water partition coefficient (Wildman–Crippen LogP) is 1.76. The molecule has 160 valence electrons. The lowest BCUT2D eigenvalue weighted by Crippen LogP contribution is -2.52. The second-order valence-corrected chi connectivity index (χ2v) is 9.25. The summed E-state index contributed by atoms with van der Waals surface area (Å²) in [4.78, 5) is 44.6. The van der Waals surface area contributed by atoms with Crippen LogP contribution < -0.4 is 21.9 Å². The van der Waals surface area contributed by atoms with E-state index in [1.54, 1.807) is 6.07 Å². The van der Waals surface area contributed by atoms with Gasteiger partial charge in [0, 0.05) is 11.4 Å². The van der Waals surface area contributed by atoms with Crippen LogP contribution in [-0.4, -0.2) is 39.0 Å². The number of fused-ring (bicyclic) bond motifs is 1. The van der Waals surface area contributed by atoms with Crippen LogP contribution in [0.3, 0.4) is 0 Å². The number of hydrogen-bond acceptors (Lipinski definition) is 7. The average molecular weight is 432 g/mol. The first-order valence-corrected chi connectivity index (χ1v) is 10.9. The normalized spacial score (nSPS) is 19.7. The molecule has 2 aromatic heterocycles. The Morgan fingerprint density at radius 1 is 1.33 bits per heavy atom. The number of aliphatic carboxylic acids is 1. The van der Waals surface area contributed by atoms with E-state index >= 15 is 0 Å². The van der Waals surface area contributed by atoms with Gasteiger partial charge in [-0.15, -0.1) is 11.3 Å². The van der Waals surface area contributed by atoms with E-state index < -0.39 is 11.5 Å². The summed E-state index contributed by atoms with van der Waals surface area (Å²) in [5.41, 5.74) is 4.87. The summed E-state index contributed by atoms with van der Waals surface area (Å²) in [5, 5.41) is 15.5. The molecule has 1 aliphatic carbocycles. The number of H-pyrrole nitrogens is 1. The van der Waals surface area contributed by atoms with Crippen molar-refractivity contribution in [2.24, 2.45) is 5.92 Å². The van der Waals surface area contributed by atoms with Crippen LogP contribution in [-0.2, 0) is 17.6 Å². The number of aromatic nitrogens is 2. The van der Waals surface area contributed by atoms with Crippen LogP contribution in [0.2, 0.25) is 0 Å². The smallest absolute Gasteiger partial charge is 0.329 e. The number of carbonyl (C=O) groups is 2. The number of rotatable bonds is 6. The van der Waals surface area contributed by atoms with Crippen molar-refractivity contribution >= 4 is 35.0 Å². The second-order valence-electron chi connectivity index (χ2n) is 8.08. The Morgan fingerprint density at radius 2 is 2.10 bits per heavy atom. The van der Waals surface area contributed by atoms with Gasteiger partial charge in [0.2, 0.25) is 5.95 Å². The molecule has 2 aromatic rings. The Kier molecular flexibility index (Phi) is 5.50. The van der Waals surface area contributed by atoms with Gasteiger partial charge in [0.1, 0.15) is 11.4 Å². The van der Waals surface area contributed by atoms with Crippen LogP contribution in [0.5, 0.6) is 0 Å². The molecule has 1 atom stereocenters. The zero-order valence-electron chi connectivity index (χ0n) is 16.5. The molecule has 2 aliphatic rings. The van der Waals surface area contributed by atoms with Crippen LogP contribution in [0, 0.1) is 5.92 Å². The van der Waals surface area contributed by atoms with E-state index in [0.717, 1.165) is 30.6 Å². The maximum absolute atomic E-state index is 12.6. The maximum atomic E-state index is 12.6. The van der Waals surface area contributed by atoms with Crippen LogP contribution in [0.4, 0.5) is 11.8 Å². The van der Waals surface area contributed by atoms with Gasteiger partial charge in [0.25, 0.3) is 11.5 Å². The third-order valence-corrected chi connectivity index (χ3v) is 7.13. The number of aryl methyl sites for hydroxylation is 1. The molecule has 0 aromatic carbocycles. The quantitative estimate of drug-likeness (QED) is 0.467. The third kappa shape index (κ3) is 4.04. The Hall–Kier alpha value is -2.88. The highest BCUT2D eigenvalue weighted by atomic mass is 32.1. The summed E-state index contributed by atoms with van der Waals surface area (Å²) in [6.07, 6.45) is 4.84. The molecular formula is C20H25N5O4S. The van der Waals surface area contributed by atoms with Gasteiger partial charge < -0.3 is 21.5 Å². The molecule has 1 fully saturated rings. The summed E-state index contributed by atoms with van der Waals surface area (Å²) in [5.74, 6) is -0.337. The molecule has 4 rings (SSSR count). The fraction of sp³-hybridized carbons (Fsp3) is 0.500. The predicted molar refractivity (Wildman–Crippen MR) is 114 cm³/mol. The Labute approximate surface area is 177 Å². The number of nitrogens with one attached hydrogen (secondary N) is 3. The van der Waals surface area contributed by atoms with Gasteiger partial charge >= 0.3 is 5.97 Å². The molecule has 0 spiro atoms. The number of anilines is 2. The van der Waals surface area contributed by atoms with Crippen LogP contribution in [0.1, 0.15) is 52.2 Å². The van der Waals surface area contributed by atoms with Crippen LogP contribution in [0.25, 0.3) is 0 Å². The lowest BCUT2D eigenvalue weighted by atomic mass is 9.92. The zero-order valence-corrected chi connectivity index (χ0v) is 17.3. The highest BCUT2D eigenvalue weighted by molar-refractivity contribution is 7.14. The number of carbonyl (C=O) groups excluding carboxylic acids is 1. The molecule has 0 bridgehead atoms. The summed E-state index contributed by atoms with van der Waals surface area (Å²) in [6.45, 7) is 0.711. The van der Waals surface area contributed by atoms with E-state index in [0.29, 0.717) is 42.1 Å². The summed E-state index contributed by atoms with van der Waals surface area (Å²) >= 11 is 1.39. The molecule has 0 radical (unpaired) electrons. The van der Waals surface area contributed by atoms with Crippen molar-refractivity contribution in [3.05, 3.63) is 37.8 Å². The Morgan fingerprint density at radius 3 is 2.83 bits per heavy atom. The van der Waals surface area contributed by atoms with Crippen molar-refractivity contribution in [3.63, 3.8) is 0 Å². The second kappa shape index (κ2) is 8.10. The monoisotopic (exact) mass is 431 g/mol. The van der Waals surface area contributed by atoms with Crippen molar-refractivity contribution in [2.45, 2.75) is 50.5 Å². The van der Waals surface area contributed by atoms with Gasteiger partial charge in [0.15, 0.2) is 0 Å². The number of nitrogen functional groups attached to an aromatic ring is 1. The third-order valence-electron chi connectivity index (χ3n) is 5.99. The van der Waals surface area contributed by atoms with Crippen molar-refractivity contribution in [1.82, 2.24) is 15.3 Å². The molecule has 3 heterocycles. The highest BCUT2D eigenvalue weighted by Crippen LogP contribution is 2.31. The van der Waals surface area contributed by atoms with E-state index in [4.69, 9.17) is 5.73 Å². The molecule has 6 N–H and O–H groups in total. The fourth-order valence-electron chi connectivity index (χ4n) is 4.29. The minimum Gasteiger partial charge on any atom is -0.480 e. The largest absolute Gasteiger partial charge is 0.480 e. The number of nitrogens with two attached hydrogens (primary N) is 1. The standard InChI is InChI=1S/C20H25N5O4S/c21-19-23-15-13(16(26)24-19)9-11(10-22-15)3-4-12-5-6-14(30-12)17(27)25-20(18(28)29)7-1-2-8-20/h5-6,11H,1-4,7-10H2,(H,25,27)(H,28,29)(H4,21,22,23,24,26). The van der Waals surface area contributed by atoms with E-state index in [-0.39, 0.29) is 23.3 Å². The lowest BCUT2D eigenvalue weighted by Gasteiger charge is -2.25. The zero-order chi connectivity index (χ0) is 21.3. The molecule has 1 unspecified atom stereocenters. The first-order valence-electron chi connectivity index (χ1n) is 10.1. The van der Waals surface area contributed by atoms with Crippen molar-refractivity contribution in [1.29, 1.82) is 0 Å². The summed E-state index contributed by atoms with van der Waals surface area (Å²) < 4.78 is 0. The van der Waals surface area contributed by atoms with Crippen LogP contribution >= 0.6 is 11.3 Å². The number of hydrogen-bond donors (Lipinski definition) is 5. The average Bonchev–Trinajstić information content (AvgIpc) is 3.37. The summed E-state index contributed by atoms with van der Waals surface area (Å²) in [6, 6.07) is 3.67. The van der Waals surface area contributed by atoms with Gasteiger partial charge in [0.05, 0.1) is 10.4 Å². The minimum absolute atomic E-state index is 0.108. The Balaban J connectivity index is 1.35. The molecule has 1 amide bonds. The topological polar surface area (TPSA) is 150 Å². The maximum Gasteiger partial charge on any atom is 0.329 e. The number of thiophene rings is 1. The first kappa shape index (κ1) is 20.4. The van der Waals surface area contributed by atoms with E-state index in [1.165, 1.54) is 11.3 Å². The van der Waals surface area contributed by atoms with Crippen molar-refractivity contribution < 1.29 is 14.7 Å². The Bertz CT molecular complexity index is 1020. The molecule has 10 heteroatoms. The molecule has 1 aliphatic heterocycles. The molecule has 9 nitrogen and oxygen atoms in total. The lowest BCUT2D eigenvalue weighted by molar-refractivity contribution is -0.144. The first-order chi connectivity index (χ1) is 14.4. The highest BCUT2D eigenvalue weighted by Gasteiger charge is 2.42. The van der Waals surface area contributed by atoms with Crippen LogP contribution in [0.15, 0.2) is 16.9 Å². The molecular weight excluding hydrogens is 406 g/mol. The number of carboxylic acids is 1. The number of aromatic amines is 1. The molecule has 30 heavy (non-hydrogen) atoms. The van der Waals surface area contributed by atoms with E-state index in [1.807, 2.05) is 6.07 Å². The number of carboxylic acid groups (broad SMARTS) is 1.